The molecule has 0 amide bonds. The molecule has 140 valence electrons. The molecule has 0 saturated heterocycles. The third-order valence-corrected chi connectivity index (χ3v) is 3.97. The minimum Gasteiger partial charge on any atom is -0.288 e. The van der Waals surface area contributed by atoms with Crippen LogP contribution >= 0.6 is 0 Å². The van der Waals surface area contributed by atoms with E-state index in [4.69, 9.17) is 0 Å². The third kappa shape index (κ3) is 4.79. The largest absolute Gasteiger partial charge is 0.416 e. The summed E-state index contributed by atoms with van der Waals surface area (Å²) in [7, 11) is 0. The molecule has 1 aromatic heterocycles. The van der Waals surface area contributed by atoms with Gasteiger partial charge in [-0.15, -0.1) is 11.7 Å². The second kappa shape index (κ2) is 8.13. The van der Waals surface area contributed by atoms with Crippen LogP contribution in [0, 0.1) is 0 Å². The summed E-state index contributed by atoms with van der Waals surface area (Å²) in [6, 6.07) is 14.7. The van der Waals surface area contributed by atoms with E-state index in [0.29, 0.717) is 31.1 Å². The lowest BCUT2D eigenvalue weighted by molar-refractivity contribution is -0.137. The van der Waals surface area contributed by atoms with E-state index in [-0.39, 0.29) is 0 Å². The highest BCUT2D eigenvalue weighted by Gasteiger charge is 2.30. The predicted octanol–water partition coefficient (Wildman–Crippen LogP) is 3.87. The standard InChI is InChI=1S/C19H18F3N5/c1-2-12-26(13-15-6-4-3-5-7-15)14-18-23-24-25-27(18)17-10-8-16(9-11-17)19(20,21)22/h2-11H,1,12-14H2. The molecule has 3 aromatic rings. The van der Waals surface area contributed by atoms with Crippen molar-refractivity contribution in [1.29, 1.82) is 0 Å². The van der Waals surface area contributed by atoms with Crippen LogP contribution in [0.15, 0.2) is 67.3 Å². The monoisotopic (exact) mass is 373 g/mol. The van der Waals surface area contributed by atoms with Crippen molar-refractivity contribution in [2.75, 3.05) is 6.54 Å². The molecule has 0 aliphatic rings. The number of alkyl halides is 3. The highest BCUT2D eigenvalue weighted by molar-refractivity contribution is 5.35. The Balaban J connectivity index is 1.79. The van der Waals surface area contributed by atoms with Crippen LogP contribution in [0.1, 0.15) is 17.0 Å². The molecular formula is C19H18F3N5. The minimum atomic E-state index is -4.38. The highest BCUT2D eigenvalue weighted by atomic mass is 19.4. The van der Waals surface area contributed by atoms with Gasteiger partial charge in [0.2, 0.25) is 0 Å². The van der Waals surface area contributed by atoms with Gasteiger partial charge >= 0.3 is 6.18 Å². The first kappa shape index (κ1) is 18.8. The Hall–Kier alpha value is -3.00. The molecule has 0 saturated carbocycles. The number of rotatable bonds is 7. The first-order chi connectivity index (χ1) is 13.0. The Morgan fingerprint density at radius 2 is 1.70 bits per heavy atom. The average Bonchev–Trinajstić information content (AvgIpc) is 3.10. The number of tetrazole rings is 1. The number of hydrogen-bond acceptors (Lipinski definition) is 4. The molecule has 0 bridgehead atoms. The Labute approximate surface area is 154 Å². The van der Waals surface area contributed by atoms with Gasteiger partial charge in [-0.2, -0.15) is 17.9 Å². The molecule has 0 unspecified atom stereocenters. The fraction of sp³-hybridized carbons (Fsp3) is 0.211. The zero-order valence-corrected chi connectivity index (χ0v) is 14.5. The van der Waals surface area contributed by atoms with Gasteiger partial charge < -0.3 is 0 Å². The number of aromatic nitrogens is 4. The Morgan fingerprint density at radius 3 is 2.33 bits per heavy atom. The molecule has 0 fully saturated rings. The fourth-order valence-corrected chi connectivity index (χ4v) is 2.71. The molecule has 2 aromatic carbocycles. The van der Waals surface area contributed by atoms with Crippen LogP contribution in [0.3, 0.4) is 0 Å². The van der Waals surface area contributed by atoms with Crippen LogP contribution in [-0.4, -0.2) is 31.7 Å². The molecule has 0 aliphatic carbocycles. The van der Waals surface area contributed by atoms with E-state index >= 15 is 0 Å². The van der Waals surface area contributed by atoms with Gasteiger partial charge in [0.1, 0.15) is 0 Å². The van der Waals surface area contributed by atoms with Gasteiger partial charge in [-0.25, -0.2) is 0 Å². The van der Waals surface area contributed by atoms with Gasteiger partial charge in [-0.05, 0) is 40.3 Å². The molecule has 0 N–H and O–H groups in total. The maximum absolute atomic E-state index is 12.7. The summed E-state index contributed by atoms with van der Waals surface area (Å²) in [5.74, 6) is 0.535. The van der Waals surface area contributed by atoms with E-state index in [1.165, 1.54) is 16.8 Å². The number of benzene rings is 2. The van der Waals surface area contributed by atoms with Crippen molar-refractivity contribution in [3.05, 3.63) is 84.2 Å². The normalized spacial score (nSPS) is 11.7. The zero-order valence-electron chi connectivity index (χ0n) is 14.5. The summed E-state index contributed by atoms with van der Waals surface area (Å²) in [6.45, 7) is 5.50. The number of hydrogen-bond donors (Lipinski definition) is 0. The van der Waals surface area contributed by atoms with Crippen LogP contribution in [0.2, 0.25) is 0 Å². The zero-order chi connectivity index (χ0) is 19.3. The van der Waals surface area contributed by atoms with Crippen LogP contribution < -0.4 is 0 Å². The molecule has 5 nitrogen and oxygen atoms in total. The molecule has 0 aliphatic heterocycles. The summed E-state index contributed by atoms with van der Waals surface area (Å²) in [6.07, 6.45) is -2.59. The molecule has 0 atom stereocenters. The third-order valence-electron chi connectivity index (χ3n) is 3.97. The molecule has 1 heterocycles. The number of halogens is 3. The van der Waals surface area contributed by atoms with Gasteiger partial charge in [0.15, 0.2) is 5.82 Å². The van der Waals surface area contributed by atoms with Crippen molar-refractivity contribution in [1.82, 2.24) is 25.1 Å². The first-order valence-corrected chi connectivity index (χ1v) is 8.29. The topological polar surface area (TPSA) is 46.8 Å². The lowest BCUT2D eigenvalue weighted by atomic mass is 10.2. The minimum absolute atomic E-state index is 0.426. The summed E-state index contributed by atoms with van der Waals surface area (Å²) in [5, 5.41) is 11.6. The summed E-state index contributed by atoms with van der Waals surface area (Å²) in [5.41, 5.74) is 0.896. The van der Waals surface area contributed by atoms with Gasteiger partial charge in [-0.3, -0.25) is 4.90 Å². The van der Waals surface area contributed by atoms with Crippen molar-refractivity contribution in [2.24, 2.45) is 0 Å². The van der Waals surface area contributed by atoms with Crippen molar-refractivity contribution in [3.8, 4) is 5.69 Å². The molecule has 8 heteroatoms. The summed E-state index contributed by atoms with van der Waals surface area (Å²) in [4.78, 5) is 2.09. The van der Waals surface area contributed by atoms with Crippen LogP contribution in [0.25, 0.3) is 5.69 Å². The van der Waals surface area contributed by atoms with Crippen molar-refractivity contribution in [3.63, 3.8) is 0 Å². The van der Waals surface area contributed by atoms with Crippen molar-refractivity contribution >= 4 is 0 Å². The van der Waals surface area contributed by atoms with Gasteiger partial charge in [0.25, 0.3) is 0 Å². The predicted molar refractivity (Wildman–Crippen MR) is 94.9 cm³/mol. The van der Waals surface area contributed by atoms with Crippen molar-refractivity contribution in [2.45, 2.75) is 19.3 Å². The quantitative estimate of drug-likeness (QED) is 0.590. The number of nitrogens with zero attached hydrogens (tertiary/aromatic N) is 5. The Kier molecular flexibility index (Phi) is 5.66. The van der Waals surface area contributed by atoms with Crippen molar-refractivity contribution < 1.29 is 13.2 Å². The van der Waals surface area contributed by atoms with Gasteiger partial charge in [0.05, 0.1) is 17.8 Å². The van der Waals surface area contributed by atoms with E-state index in [2.05, 4.69) is 27.0 Å². The lowest BCUT2D eigenvalue weighted by Gasteiger charge is -2.20. The first-order valence-electron chi connectivity index (χ1n) is 8.29. The smallest absolute Gasteiger partial charge is 0.288 e. The SMILES string of the molecule is C=CCN(Cc1ccccc1)Cc1nnnn1-c1ccc(C(F)(F)F)cc1. The maximum Gasteiger partial charge on any atom is 0.416 e. The fourth-order valence-electron chi connectivity index (χ4n) is 2.71. The van der Waals surface area contributed by atoms with E-state index in [1.54, 1.807) is 6.08 Å². The Bertz CT molecular complexity index is 872. The second-order valence-corrected chi connectivity index (χ2v) is 6.00. The molecular weight excluding hydrogens is 355 g/mol. The maximum atomic E-state index is 12.7. The average molecular weight is 373 g/mol. The Morgan fingerprint density at radius 1 is 1.00 bits per heavy atom. The van der Waals surface area contributed by atoms with E-state index in [1.807, 2.05) is 30.3 Å². The van der Waals surface area contributed by atoms with Crippen LogP contribution in [0.5, 0.6) is 0 Å². The van der Waals surface area contributed by atoms with Crippen LogP contribution in [-0.2, 0) is 19.3 Å². The van der Waals surface area contributed by atoms with E-state index in [9.17, 15) is 13.2 Å². The summed E-state index contributed by atoms with van der Waals surface area (Å²) < 4.78 is 39.7. The molecule has 3 rings (SSSR count). The van der Waals surface area contributed by atoms with Crippen LogP contribution in [0.4, 0.5) is 13.2 Å². The van der Waals surface area contributed by atoms with E-state index < -0.39 is 11.7 Å². The van der Waals surface area contributed by atoms with E-state index in [0.717, 1.165) is 17.7 Å². The molecule has 27 heavy (non-hydrogen) atoms. The highest BCUT2D eigenvalue weighted by Crippen LogP contribution is 2.29. The molecule has 0 radical (unpaired) electrons. The molecule has 0 spiro atoms. The van der Waals surface area contributed by atoms with Gasteiger partial charge in [-0.1, -0.05) is 36.4 Å². The second-order valence-electron chi connectivity index (χ2n) is 6.00. The summed E-state index contributed by atoms with van der Waals surface area (Å²) >= 11 is 0. The lowest BCUT2D eigenvalue weighted by Crippen LogP contribution is -2.25. The van der Waals surface area contributed by atoms with Gasteiger partial charge in [0, 0.05) is 13.1 Å².